The van der Waals surface area contributed by atoms with Gasteiger partial charge >= 0.3 is 0 Å². The van der Waals surface area contributed by atoms with Gasteiger partial charge in [0.2, 0.25) is 0 Å². The van der Waals surface area contributed by atoms with Crippen molar-refractivity contribution in [3.63, 3.8) is 0 Å². The third kappa shape index (κ3) is 1.51. The van der Waals surface area contributed by atoms with Crippen LogP contribution in [0.4, 0.5) is 0 Å². The standard InChI is InChI=1S/C13H24O2S/c1-9(2)16(15)8-13-6-5-10(7-11(13)14)12(13,3)4/h9-11,14H,5-8H2,1-4H3/t10-,11-,13-,16?/m0/s1. The Balaban J connectivity index is 2.25. The SMILES string of the molecule is CC(C)S(=O)C[C@@]12CC[C@@H](C[C@@H]1O)C2(C)C. The third-order valence-corrected chi connectivity index (χ3v) is 7.17. The van der Waals surface area contributed by atoms with Gasteiger partial charge in [-0.25, -0.2) is 0 Å². The fourth-order valence-corrected chi connectivity index (χ4v) is 5.35. The maximum Gasteiger partial charge on any atom is 0.0613 e. The predicted molar refractivity (Wildman–Crippen MR) is 67.7 cm³/mol. The lowest BCUT2D eigenvalue weighted by Crippen LogP contribution is -2.44. The Morgan fingerprint density at radius 2 is 2.06 bits per heavy atom. The lowest BCUT2D eigenvalue weighted by Gasteiger charge is -2.40. The number of aliphatic hydroxyl groups excluding tert-OH is 1. The topological polar surface area (TPSA) is 37.3 Å². The third-order valence-electron chi connectivity index (χ3n) is 5.31. The summed E-state index contributed by atoms with van der Waals surface area (Å²) in [4.78, 5) is 0. The van der Waals surface area contributed by atoms with E-state index in [4.69, 9.17) is 0 Å². The van der Waals surface area contributed by atoms with Crippen LogP contribution in [-0.2, 0) is 10.8 Å². The van der Waals surface area contributed by atoms with Crippen molar-refractivity contribution in [1.82, 2.24) is 0 Å². The molecule has 0 radical (unpaired) electrons. The van der Waals surface area contributed by atoms with Crippen LogP contribution in [0.25, 0.3) is 0 Å². The van der Waals surface area contributed by atoms with Gasteiger partial charge in [-0.3, -0.25) is 4.21 Å². The van der Waals surface area contributed by atoms with Crippen molar-refractivity contribution >= 4 is 10.8 Å². The summed E-state index contributed by atoms with van der Waals surface area (Å²) in [7, 11) is -0.801. The molecule has 0 aromatic heterocycles. The first kappa shape index (κ1) is 12.6. The molecule has 0 amide bonds. The van der Waals surface area contributed by atoms with Crippen molar-refractivity contribution in [3.8, 4) is 0 Å². The molecule has 0 saturated heterocycles. The van der Waals surface area contributed by atoms with E-state index in [1.54, 1.807) is 0 Å². The molecule has 3 heteroatoms. The lowest BCUT2D eigenvalue weighted by atomic mass is 9.70. The fourth-order valence-electron chi connectivity index (χ4n) is 3.80. The molecule has 2 aliphatic carbocycles. The van der Waals surface area contributed by atoms with Gasteiger partial charge in [-0.05, 0) is 30.6 Å². The van der Waals surface area contributed by atoms with Crippen LogP contribution in [-0.4, -0.2) is 26.4 Å². The second-order valence-corrected chi connectivity index (χ2v) is 8.43. The molecule has 2 bridgehead atoms. The summed E-state index contributed by atoms with van der Waals surface area (Å²) in [5, 5.41) is 10.5. The Morgan fingerprint density at radius 1 is 1.44 bits per heavy atom. The Morgan fingerprint density at radius 3 is 2.44 bits per heavy atom. The van der Waals surface area contributed by atoms with Gasteiger partial charge in [0.05, 0.1) is 6.10 Å². The van der Waals surface area contributed by atoms with Crippen molar-refractivity contribution in [1.29, 1.82) is 0 Å². The van der Waals surface area contributed by atoms with Gasteiger partial charge in [0, 0.05) is 27.2 Å². The zero-order valence-electron chi connectivity index (χ0n) is 10.8. The summed E-state index contributed by atoms with van der Waals surface area (Å²) in [6.45, 7) is 8.54. The summed E-state index contributed by atoms with van der Waals surface area (Å²) < 4.78 is 12.1. The zero-order valence-corrected chi connectivity index (χ0v) is 11.6. The first-order chi connectivity index (χ1) is 7.31. The van der Waals surface area contributed by atoms with Crippen LogP contribution in [0, 0.1) is 16.7 Å². The molecule has 2 fully saturated rings. The molecule has 0 aliphatic heterocycles. The van der Waals surface area contributed by atoms with Crippen LogP contribution >= 0.6 is 0 Å². The van der Waals surface area contributed by atoms with Gasteiger partial charge in [-0.15, -0.1) is 0 Å². The summed E-state index contributed by atoms with van der Waals surface area (Å²) >= 11 is 0. The van der Waals surface area contributed by atoms with Crippen LogP contribution in [0.2, 0.25) is 0 Å². The van der Waals surface area contributed by atoms with Crippen molar-refractivity contribution in [2.45, 2.75) is 58.3 Å². The van der Waals surface area contributed by atoms with E-state index >= 15 is 0 Å². The smallest absolute Gasteiger partial charge is 0.0613 e. The molecule has 94 valence electrons. The molecular weight excluding hydrogens is 220 g/mol. The van der Waals surface area contributed by atoms with Crippen LogP contribution in [0.15, 0.2) is 0 Å². The molecule has 2 nitrogen and oxygen atoms in total. The van der Waals surface area contributed by atoms with E-state index in [2.05, 4.69) is 13.8 Å². The first-order valence-corrected chi connectivity index (χ1v) is 7.75. The van der Waals surface area contributed by atoms with Crippen LogP contribution in [0.3, 0.4) is 0 Å². The quantitative estimate of drug-likeness (QED) is 0.827. The molecule has 0 aromatic rings. The highest BCUT2D eigenvalue weighted by Crippen LogP contribution is 2.65. The van der Waals surface area contributed by atoms with E-state index in [9.17, 15) is 9.32 Å². The molecule has 4 atom stereocenters. The van der Waals surface area contributed by atoms with E-state index < -0.39 is 10.8 Å². The molecule has 0 heterocycles. The molecule has 1 N–H and O–H groups in total. The molecule has 0 spiro atoms. The van der Waals surface area contributed by atoms with E-state index in [0.29, 0.717) is 11.7 Å². The minimum absolute atomic E-state index is 0.0766. The molecule has 2 aliphatic rings. The minimum Gasteiger partial charge on any atom is -0.392 e. The molecule has 16 heavy (non-hydrogen) atoms. The number of aliphatic hydroxyl groups is 1. The first-order valence-electron chi connectivity index (χ1n) is 6.36. The summed E-state index contributed by atoms with van der Waals surface area (Å²) in [6, 6.07) is 0. The maximum absolute atomic E-state index is 12.1. The molecule has 0 aromatic carbocycles. The van der Waals surface area contributed by atoms with E-state index in [1.807, 2.05) is 13.8 Å². The van der Waals surface area contributed by atoms with Gasteiger partial charge in [0.1, 0.15) is 0 Å². The number of hydrogen-bond acceptors (Lipinski definition) is 2. The van der Waals surface area contributed by atoms with Gasteiger partial charge in [-0.1, -0.05) is 27.7 Å². The van der Waals surface area contributed by atoms with Gasteiger partial charge in [0.25, 0.3) is 0 Å². The molecule has 1 unspecified atom stereocenters. The lowest BCUT2D eigenvalue weighted by molar-refractivity contribution is 0.0160. The van der Waals surface area contributed by atoms with Crippen molar-refractivity contribution < 1.29 is 9.32 Å². The van der Waals surface area contributed by atoms with Crippen LogP contribution in [0.5, 0.6) is 0 Å². The second-order valence-electron chi connectivity index (χ2n) is 6.44. The maximum atomic E-state index is 12.1. The van der Waals surface area contributed by atoms with Crippen molar-refractivity contribution in [2.24, 2.45) is 16.7 Å². The highest BCUT2D eigenvalue weighted by Gasteiger charge is 2.64. The number of fused-ring (bicyclic) bond motifs is 2. The Bertz CT molecular complexity index is 311. The minimum atomic E-state index is -0.801. The van der Waals surface area contributed by atoms with E-state index in [0.717, 1.165) is 12.8 Å². The average Bonchev–Trinajstić information content (AvgIpc) is 2.51. The normalized spacial score (nSPS) is 42.9. The average molecular weight is 244 g/mol. The van der Waals surface area contributed by atoms with Gasteiger partial charge in [0.15, 0.2) is 0 Å². The molecule has 2 saturated carbocycles. The highest BCUT2D eigenvalue weighted by molar-refractivity contribution is 7.85. The Kier molecular flexibility index (Phi) is 2.99. The summed E-state index contributed by atoms with van der Waals surface area (Å²) in [5.74, 6) is 1.32. The molecule has 2 rings (SSSR count). The zero-order chi connectivity index (χ0) is 12.1. The van der Waals surface area contributed by atoms with Gasteiger partial charge < -0.3 is 5.11 Å². The van der Waals surface area contributed by atoms with Crippen molar-refractivity contribution in [2.75, 3.05) is 5.75 Å². The monoisotopic (exact) mass is 244 g/mol. The van der Waals surface area contributed by atoms with E-state index in [1.165, 1.54) is 6.42 Å². The highest BCUT2D eigenvalue weighted by atomic mass is 32.2. The van der Waals surface area contributed by atoms with Gasteiger partial charge in [-0.2, -0.15) is 0 Å². The van der Waals surface area contributed by atoms with Crippen molar-refractivity contribution in [3.05, 3.63) is 0 Å². The largest absolute Gasteiger partial charge is 0.392 e. The molecular formula is C13H24O2S. The fraction of sp³-hybridized carbons (Fsp3) is 1.00. The Labute approximate surface area is 101 Å². The van der Waals surface area contributed by atoms with Crippen LogP contribution in [0.1, 0.15) is 47.0 Å². The van der Waals surface area contributed by atoms with E-state index in [-0.39, 0.29) is 22.2 Å². The summed E-state index contributed by atoms with van der Waals surface area (Å²) in [5.41, 5.74) is 0.0871. The number of hydrogen-bond donors (Lipinski definition) is 1. The Hall–Kier alpha value is 0.110. The van der Waals surface area contributed by atoms with Crippen LogP contribution < -0.4 is 0 Å². The second kappa shape index (κ2) is 3.81. The number of rotatable bonds is 3. The predicted octanol–water partition coefficient (Wildman–Crippen LogP) is 2.33. The summed E-state index contributed by atoms with van der Waals surface area (Å²) in [6.07, 6.45) is 2.95.